The van der Waals surface area contributed by atoms with Crippen molar-refractivity contribution in [2.24, 2.45) is 0 Å². The molecule has 0 heterocycles. The van der Waals surface area contributed by atoms with Crippen molar-refractivity contribution < 1.29 is 13.2 Å². The van der Waals surface area contributed by atoms with Crippen LogP contribution in [0.5, 0.6) is 5.75 Å². The fourth-order valence-electron chi connectivity index (χ4n) is 2.49. The normalized spacial score (nSPS) is 17.7. The first-order valence-corrected chi connectivity index (χ1v) is 9.16. The van der Waals surface area contributed by atoms with Crippen molar-refractivity contribution >= 4 is 26.0 Å². The molecule has 0 amide bonds. The Morgan fingerprint density at radius 2 is 1.85 bits per heavy atom. The van der Waals surface area contributed by atoms with Gasteiger partial charge in [0, 0.05) is 12.1 Å². The number of ether oxygens (including phenoxy) is 1. The maximum Gasteiger partial charge on any atom is 0.240 e. The zero-order chi connectivity index (χ0) is 14.6. The van der Waals surface area contributed by atoms with E-state index in [1.165, 1.54) is 20.0 Å². The van der Waals surface area contributed by atoms with Crippen molar-refractivity contribution in [3.8, 4) is 5.75 Å². The molecular formula is C14H20BrNO3S. The third kappa shape index (κ3) is 3.96. The highest BCUT2D eigenvalue weighted by atomic mass is 79.9. The highest BCUT2D eigenvalue weighted by Gasteiger charge is 2.22. The summed E-state index contributed by atoms with van der Waals surface area (Å²) in [5, 5.41) is 0. The van der Waals surface area contributed by atoms with Gasteiger partial charge < -0.3 is 4.74 Å². The molecule has 1 fully saturated rings. The second kappa shape index (κ2) is 6.91. The molecule has 0 spiro atoms. The third-order valence-corrected chi connectivity index (χ3v) is 5.78. The molecule has 0 unspecified atom stereocenters. The van der Waals surface area contributed by atoms with Crippen LogP contribution >= 0.6 is 15.9 Å². The SMILES string of the molecule is COc1cc(S(=O)(=O)NC2CCCCCC2)ccc1Br. The molecule has 0 aromatic heterocycles. The Hall–Kier alpha value is -0.590. The number of rotatable bonds is 4. The lowest BCUT2D eigenvalue weighted by atomic mass is 10.1. The predicted molar refractivity (Wildman–Crippen MR) is 82.5 cm³/mol. The lowest BCUT2D eigenvalue weighted by Crippen LogP contribution is -2.34. The van der Waals surface area contributed by atoms with E-state index < -0.39 is 10.0 Å². The minimum atomic E-state index is -3.48. The van der Waals surface area contributed by atoms with Gasteiger partial charge in [-0.1, -0.05) is 25.7 Å². The van der Waals surface area contributed by atoms with E-state index in [2.05, 4.69) is 20.7 Å². The zero-order valence-corrected chi connectivity index (χ0v) is 14.0. The van der Waals surface area contributed by atoms with Crippen LogP contribution in [0.15, 0.2) is 27.6 Å². The largest absolute Gasteiger partial charge is 0.496 e. The second-order valence-corrected chi connectivity index (χ2v) is 7.67. The summed E-state index contributed by atoms with van der Waals surface area (Å²) in [6.07, 6.45) is 6.43. The van der Waals surface area contributed by atoms with Crippen LogP contribution < -0.4 is 9.46 Å². The number of methoxy groups -OCH3 is 1. The molecule has 1 aliphatic rings. The zero-order valence-electron chi connectivity index (χ0n) is 11.6. The fraction of sp³-hybridized carbons (Fsp3) is 0.571. The van der Waals surface area contributed by atoms with Gasteiger partial charge in [-0.2, -0.15) is 0 Å². The van der Waals surface area contributed by atoms with E-state index in [1.54, 1.807) is 18.2 Å². The summed E-state index contributed by atoms with van der Waals surface area (Å²) < 4.78 is 33.5. The summed E-state index contributed by atoms with van der Waals surface area (Å²) in [6.45, 7) is 0. The van der Waals surface area contributed by atoms with Crippen molar-refractivity contribution in [3.63, 3.8) is 0 Å². The Morgan fingerprint density at radius 1 is 1.20 bits per heavy atom. The number of nitrogens with one attached hydrogen (secondary N) is 1. The summed E-state index contributed by atoms with van der Waals surface area (Å²) >= 11 is 3.33. The molecule has 112 valence electrons. The average Bonchev–Trinajstić information content (AvgIpc) is 2.67. The number of hydrogen-bond donors (Lipinski definition) is 1. The van der Waals surface area contributed by atoms with Gasteiger partial charge in [-0.05, 0) is 40.9 Å². The molecule has 0 aliphatic heterocycles. The minimum Gasteiger partial charge on any atom is -0.496 e. The Balaban J connectivity index is 2.17. The Bertz CT molecular complexity index is 552. The van der Waals surface area contributed by atoms with Gasteiger partial charge in [-0.15, -0.1) is 0 Å². The molecular weight excluding hydrogens is 342 g/mol. The molecule has 1 N–H and O–H groups in total. The highest BCUT2D eigenvalue weighted by molar-refractivity contribution is 9.10. The molecule has 2 rings (SSSR count). The van der Waals surface area contributed by atoms with E-state index in [9.17, 15) is 8.42 Å². The summed E-state index contributed by atoms with van der Waals surface area (Å²) in [6, 6.07) is 4.88. The second-order valence-electron chi connectivity index (χ2n) is 5.11. The summed E-state index contributed by atoms with van der Waals surface area (Å²) in [4.78, 5) is 0.252. The monoisotopic (exact) mass is 361 g/mol. The number of benzene rings is 1. The van der Waals surface area contributed by atoms with Gasteiger partial charge in [-0.3, -0.25) is 0 Å². The fourth-order valence-corrected chi connectivity index (χ4v) is 4.22. The van der Waals surface area contributed by atoms with Crippen molar-refractivity contribution in [1.29, 1.82) is 0 Å². The molecule has 6 heteroatoms. The summed E-state index contributed by atoms with van der Waals surface area (Å²) in [5.74, 6) is 0.522. The van der Waals surface area contributed by atoms with E-state index >= 15 is 0 Å². The maximum absolute atomic E-state index is 12.4. The van der Waals surface area contributed by atoms with Crippen LogP contribution in [-0.4, -0.2) is 21.6 Å². The first kappa shape index (κ1) is 15.8. The lowest BCUT2D eigenvalue weighted by Gasteiger charge is -2.17. The molecule has 0 saturated heterocycles. The predicted octanol–water partition coefficient (Wildman–Crippen LogP) is 3.46. The van der Waals surface area contributed by atoms with E-state index in [0.29, 0.717) is 5.75 Å². The Kier molecular flexibility index (Phi) is 5.46. The number of hydrogen-bond acceptors (Lipinski definition) is 3. The van der Waals surface area contributed by atoms with Crippen LogP contribution in [0.25, 0.3) is 0 Å². The van der Waals surface area contributed by atoms with Gasteiger partial charge in [-0.25, -0.2) is 13.1 Å². The smallest absolute Gasteiger partial charge is 0.240 e. The minimum absolute atomic E-state index is 0.0529. The van der Waals surface area contributed by atoms with E-state index in [-0.39, 0.29) is 10.9 Å². The van der Waals surface area contributed by atoms with Gasteiger partial charge in [0.15, 0.2) is 0 Å². The number of sulfonamides is 1. The summed E-state index contributed by atoms with van der Waals surface area (Å²) in [5.41, 5.74) is 0. The topological polar surface area (TPSA) is 55.4 Å². The molecule has 1 saturated carbocycles. The molecule has 20 heavy (non-hydrogen) atoms. The molecule has 0 atom stereocenters. The van der Waals surface area contributed by atoms with Crippen molar-refractivity contribution in [3.05, 3.63) is 22.7 Å². The Morgan fingerprint density at radius 3 is 2.45 bits per heavy atom. The maximum atomic E-state index is 12.4. The van der Waals surface area contributed by atoms with Crippen LogP contribution in [0.2, 0.25) is 0 Å². The van der Waals surface area contributed by atoms with Gasteiger partial charge in [0.25, 0.3) is 0 Å². The first-order valence-electron chi connectivity index (χ1n) is 6.89. The summed E-state index contributed by atoms with van der Waals surface area (Å²) in [7, 11) is -1.95. The van der Waals surface area contributed by atoms with Crippen LogP contribution in [0.4, 0.5) is 0 Å². The molecule has 4 nitrogen and oxygen atoms in total. The van der Waals surface area contributed by atoms with Crippen molar-refractivity contribution in [1.82, 2.24) is 4.72 Å². The van der Waals surface area contributed by atoms with Crippen LogP contribution in [-0.2, 0) is 10.0 Å². The average molecular weight is 362 g/mol. The van der Waals surface area contributed by atoms with Gasteiger partial charge in [0.2, 0.25) is 10.0 Å². The van der Waals surface area contributed by atoms with Gasteiger partial charge in [0.05, 0.1) is 16.5 Å². The molecule has 0 bridgehead atoms. The molecule has 1 aromatic rings. The number of halogens is 1. The van der Waals surface area contributed by atoms with Crippen LogP contribution in [0, 0.1) is 0 Å². The third-order valence-electron chi connectivity index (χ3n) is 3.61. The molecule has 1 aliphatic carbocycles. The molecule has 1 aromatic carbocycles. The van der Waals surface area contributed by atoms with Crippen LogP contribution in [0.3, 0.4) is 0 Å². The van der Waals surface area contributed by atoms with Gasteiger partial charge in [0.1, 0.15) is 5.75 Å². The molecule has 0 radical (unpaired) electrons. The highest BCUT2D eigenvalue weighted by Crippen LogP contribution is 2.28. The van der Waals surface area contributed by atoms with E-state index in [0.717, 1.165) is 30.2 Å². The standard InChI is InChI=1S/C14H20BrNO3S/c1-19-14-10-12(8-9-13(14)15)20(17,18)16-11-6-4-2-3-5-7-11/h8-11,16H,2-7H2,1H3. The van der Waals surface area contributed by atoms with Crippen molar-refractivity contribution in [2.45, 2.75) is 49.5 Å². The lowest BCUT2D eigenvalue weighted by molar-refractivity contribution is 0.410. The van der Waals surface area contributed by atoms with Crippen molar-refractivity contribution in [2.75, 3.05) is 7.11 Å². The van der Waals surface area contributed by atoms with Gasteiger partial charge >= 0.3 is 0 Å². The van der Waals surface area contributed by atoms with Crippen LogP contribution in [0.1, 0.15) is 38.5 Å². The van der Waals surface area contributed by atoms with E-state index in [4.69, 9.17) is 4.74 Å². The van der Waals surface area contributed by atoms with E-state index in [1.807, 2.05) is 0 Å². The first-order chi connectivity index (χ1) is 9.53. The quantitative estimate of drug-likeness (QED) is 0.835. The Labute approximate surface area is 129 Å².